The van der Waals surface area contributed by atoms with Crippen molar-refractivity contribution >= 4 is 5.96 Å². The van der Waals surface area contributed by atoms with Crippen molar-refractivity contribution in [3.05, 3.63) is 23.8 Å². The van der Waals surface area contributed by atoms with Gasteiger partial charge in [-0.1, -0.05) is 19.9 Å². The molecule has 0 aliphatic carbocycles. The first kappa shape index (κ1) is 23.3. The van der Waals surface area contributed by atoms with E-state index in [1.165, 1.54) is 0 Å². The van der Waals surface area contributed by atoms with Crippen LogP contribution in [0.25, 0.3) is 0 Å². The highest BCUT2D eigenvalue weighted by atomic mass is 16.5. The highest BCUT2D eigenvalue weighted by Gasteiger charge is 2.15. The summed E-state index contributed by atoms with van der Waals surface area (Å²) < 4.78 is 17.1. The van der Waals surface area contributed by atoms with Crippen molar-refractivity contribution < 1.29 is 14.2 Å². The number of nitrogens with one attached hydrogen (secondary N) is 2. The summed E-state index contributed by atoms with van der Waals surface area (Å²) >= 11 is 0. The summed E-state index contributed by atoms with van der Waals surface area (Å²) in [6, 6.07) is 6.01. The van der Waals surface area contributed by atoms with Crippen LogP contribution < -0.4 is 20.1 Å². The van der Waals surface area contributed by atoms with Gasteiger partial charge in [0.05, 0.1) is 19.8 Å². The molecule has 7 nitrogen and oxygen atoms in total. The SMILES string of the molecule is CCNC(=NCc1ccc(OCCN(CC)CC)c(OC)c1)NCC1CCCO1. The van der Waals surface area contributed by atoms with E-state index in [2.05, 4.69) is 36.3 Å². The quantitative estimate of drug-likeness (QED) is 0.411. The van der Waals surface area contributed by atoms with E-state index in [1.807, 2.05) is 18.2 Å². The largest absolute Gasteiger partial charge is 0.493 e. The standard InChI is InChI=1S/C22H38N4O3/c1-5-23-22(25-17-19-9-8-13-28-19)24-16-18-10-11-20(21(15-18)27-4)29-14-12-26(6-2)7-3/h10-11,15,19H,5-9,12-14,16-17H2,1-4H3,(H2,23,24,25). The average Bonchev–Trinajstić information content (AvgIpc) is 3.27. The van der Waals surface area contributed by atoms with Gasteiger partial charge in [-0.05, 0) is 50.6 Å². The number of rotatable bonds is 12. The molecule has 0 aromatic heterocycles. The minimum Gasteiger partial charge on any atom is -0.493 e. The van der Waals surface area contributed by atoms with Gasteiger partial charge in [-0.25, -0.2) is 4.99 Å². The van der Waals surface area contributed by atoms with E-state index >= 15 is 0 Å². The van der Waals surface area contributed by atoms with E-state index in [0.29, 0.717) is 13.2 Å². The topological polar surface area (TPSA) is 67.4 Å². The third-order valence-electron chi connectivity index (χ3n) is 5.07. The predicted octanol–water partition coefficient (Wildman–Crippen LogP) is 2.65. The summed E-state index contributed by atoms with van der Waals surface area (Å²) in [5, 5.41) is 6.66. The van der Waals surface area contributed by atoms with Crippen molar-refractivity contribution in [3.63, 3.8) is 0 Å². The molecular formula is C22H38N4O3. The first-order valence-electron chi connectivity index (χ1n) is 10.9. The molecule has 1 fully saturated rings. The molecule has 29 heavy (non-hydrogen) atoms. The number of benzene rings is 1. The van der Waals surface area contributed by atoms with E-state index in [1.54, 1.807) is 7.11 Å². The fraction of sp³-hybridized carbons (Fsp3) is 0.682. The Labute approximate surface area is 175 Å². The van der Waals surface area contributed by atoms with Gasteiger partial charge in [-0.15, -0.1) is 0 Å². The van der Waals surface area contributed by atoms with Crippen molar-refractivity contribution in [2.75, 3.05) is 53.0 Å². The fourth-order valence-electron chi connectivity index (χ4n) is 3.28. The van der Waals surface area contributed by atoms with Gasteiger partial charge < -0.3 is 29.7 Å². The van der Waals surface area contributed by atoms with Crippen molar-refractivity contribution in [2.45, 2.75) is 46.3 Å². The molecule has 0 saturated carbocycles. The maximum absolute atomic E-state index is 5.94. The molecule has 0 spiro atoms. The molecule has 2 N–H and O–H groups in total. The van der Waals surface area contributed by atoms with Crippen LogP contribution in [-0.4, -0.2) is 70.0 Å². The van der Waals surface area contributed by atoms with E-state index < -0.39 is 0 Å². The minimum atomic E-state index is 0.284. The molecule has 1 heterocycles. The zero-order chi connectivity index (χ0) is 20.9. The molecule has 1 atom stereocenters. The third kappa shape index (κ3) is 8.11. The van der Waals surface area contributed by atoms with Crippen molar-refractivity contribution in [3.8, 4) is 11.5 Å². The van der Waals surface area contributed by atoms with Gasteiger partial charge in [0.2, 0.25) is 0 Å². The summed E-state index contributed by atoms with van der Waals surface area (Å²) in [6.07, 6.45) is 2.54. The Morgan fingerprint density at radius 1 is 1.21 bits per heavy atom. The predicted molar refractivity (Wildman–Crippen MR) is 118 cm³/mol. The molecule has 2 rings (SSSR count). The number of nitrogens with zero attached hydrogens (tertiary/aromatic N) is 2. The zero-order valence-corrected chi connectivity index (χ0v) is 18.5. The van der Waals surface area contributed by atoms with Gasteiger partial charge >= 0.3 is 0 Å². The van der Waals surface area contributed by atoms with Gasteiger partial charge in [0.1, 0.15) is 6.61 Å². The van der Waals surface area contributed by atoms with Crippen molar-refractivity contribution in [1.82, 2.24) is 15.5 Å². The second kappa shape index (κ2) is 13.3. The van der Waals surface area contributed by atoms with Crippen LogP contribution in [0.1, 0.15) is 39.2 Å². The van der Waals surface area contributed by atoms with Crippen molar-refractivity contribution in [1.29, 1.82) is 0 Å². The Balaban J connectivity index is 1.91. The van der Waals surface area contributed by atoms with Crippen LogP contribution in [0.15, 0.2) is 23.2 Å². The van der Waals surface area contributed by atoms with Gasteiger partial charge in [-0.2, -0.15) is 0 Å². The first-order valence-corrected chi connectivity index (χ1v) is 10.9. The van der Waals surface area contributed by atoms with E-state index in [4.69, 9.17) is 19.2 Å². The second-order valence-electron chi connectivity index (χ2n) is 7.07. The summed E-state index contributed by atoms with van der Waals surface area (Å²) in [7, 11) is 1.67. The number of guanidine groups is 1. The molecule has 1 aliphatic heterocycles. The van der Waals surface area contributed by atoms with Crippen molar-refractivity contribution in [2.24, 2.45) is 4.99 Å². The van der Waals surface area contributed by atoms with Gasteiger partial charge in [0.15, 0.2) is 17.5 Å². The smallest absolute Gasteiger partial charge is 0.191 e. The lowest BCUT2D eigenvalue weighted by Crippen LogP contribution is -2.41. The third-order valence-corrected chi connectivity index (χ3v) is 5.07. The zero-order valence-electron chi connectivity index (χ0n) is 18.5. The fourth-order valence-corrected chi connectivity index (χ4v) is 3.28. The summed E-state index contributed by atoms with van der Waals surface area (Å²) in [5.74, 6) is 2.33. The summed E-state index contributed by atoms with van der Waals surface area (Å²) in [4.78, 5) is 7.03. The summed E-state index contributed by atoms with van der Waals surface area (Å²) in [5.41, 5.74) is 1.08. The Morgan fingerprint density at radius 3 is 2.69 bits per heavy atom. The molecule has 1 saturated heterocycles. The van der Waals surface area contributed by atoms with Crippen LogP contribution >= 0.6 is 0 Å². The van der Waals surface area contributed by atoms with Crippen LogP contribution in [0.4, 0.5) is 0 Å². The molecular weight excluding hydrogens is 368 g/mol. The normalized spacial score (nSPS) is 16.9. The number of methoxy groups -OCH3 is 1. The van der Waals surface area contributed by atoms with E-state index in [0.717, 1.165) is 75.2 Å². The Hall–Kier alpha value is -1.99. The number of likely N-dealkylation sites (N-methyl/N-ethyl adjacent to an activating group) is 1. The van der Waals surface area contributed by atoms with Gasteiger partial charge in [0.25, 0.3) is 0 Å². The highest BCUT2D eigenvalue weighted by molar-refractivity contribution is 5.79. The lowest BCUT2D eigenvalue weighted by Gasteiger charge is -2.19. The second-order valence-corrected chi connectivity index (χ2v) is 7.07. The highest BCUT2D eigenvalue weighted by Crippen LogP contribution is 2.28. The monoisotopic (exact) mass is 406 g/mol. The van der Waals surface area contributed by atoms with Crippen LogP contribution in [0.5, 0.6) is 11.5 Å². The number of hydrogen-bond acceptors (Lipinski definition) is 5. The van der Waals surface area contributed by atoms with Crippen LogP contribution in [0, 0.1) is 0 Å². The molecule has 1 unspecified atom stereocenters. The minimum absolute atomic E-state index is 0.284. The Bertz CT molecular complexity index is 614. The average molecular weight is 407 g/mol. The molecule has 1 aromatic rings. The van der Waals surface area contributed by atoms with Crippen LogP contribution in [-0.2, 0) is 11.3 Å². The number of aliphatic imine (C=N–C) groups is 1. The Kier molecular flexibility index (Phi) is 10.7. The van der Waals surface area contributed by atoms with Crippen LogP contribution in [0.2, 0.25) is 0 Å². The first-order chi connectivity index (χ1) is 14.2. The molecule has 1 aliphatic rings. The molecule has 1 aromatic carbocycles. The molecule has 164 valence electrons. The Morgan fingerprint density at radius 2 is 2.03 bits per heavy atom. The van der Waals surface area contributed by atoms with E-state index in [-0.39, 0.29) is 6.10 Å². The molecule has 0 amide bonds. The lowest BCUT2D eigenvalue weighted by molar-refractivity contribution is 0.114. The van der Waals surface area contributed by atoms with Gasteiger partial charge in [-0.3, -0.25) is 0 Å². The number of hydrogen-bond donors (Lipinski definition) is 2. The van der Waals surface area contributed by atoms with Gasteiger partial charge in [0, 0.05) is 26.2 Å². The lowest BCUT2D eigenvalue weighted by atomic mass is 10.2. The summed E-state index contributed by atoms with van der Waals surface area (Å²) in [6.45, 7) is 13.0. The molecule has 0 bridgehead atoms. The number of ether oxygens (including phenoxy) is 3. The van der Waals surface area contributed by atoms with Crippen LogP contribution in [0.3, 0.4) is 0 Å². The molecule has 7 heteroatoms. The molecule has 0 radical (unpaired) electrons. The maximum Gasteiger partial charge on any atom is 0.191 e. The maximum atomic E-state index is 5.94. The van der Waals surface area contributed by atoms with E-state index in [9.17, 15) is 0 Å².